The summed E-state index contributed by atoms with van der Waals surface area (Å²) in [7, 11) is 1.62. The van der Waals surface area contributed by atoms with Crippen molar-refractivity contribution >= 4 is 23.2 Å². The number of piperazine rings is 1. The highest BCUT2D eigenvalue weighted by molar-refractivity contribution is 6.04. The maximum absolute atomic E-state index is 12.6. The molecule has 0 unspecified atom stereocenters. The van der Waals surface area contributed by atoms with Crippen molar-refractivity contribution in [3.63, 3.8) is 0 Å². The Kier molecular flexibility index (Phi) is 9.14. The van der Waals surface area contributed by atoms with Crippen LogP contribution in [0.4, 0.5) is 5.69 Å². The minimum Gasteiger partial charge on any atom is -0.493 e. The number of amides is 2. The van der Waals surface area contributed by atoms with E-state index in [0.29, 0.717) is 37.3 Å². The van der Waals surface area contributed by atoms with Gasteiger partial charge in [0.2, 0.25) is 11.8 Å². The molecule has 9 heteroatoms. The highest BCUT2D eigenvalue weighted by Crippen LogP contribution is 2.30. The quantitative estimate of drug-likeness (QED) is 0.513. The van der Waals surface area contributed by atoms with Crippen LogP contribution in [0.1, 0.15) is 44.2 Å². The molecule has 2 aromatic rings. The van der Waals surface area contributed by atoms with E-state index in [1.54, 1.807) is 7.11 Å². The number of carbonyl (C=O) groups is 2. The average molecular weight is 508 g/mol. The first-order valence-electron chi connectivity index (χ1n) is 13.0. The van der Waals surface area contributed by atoms with Gasteiger partial charge in [0.05, 0.1) is 25.5 Å². The van der Waals surface area contributed by atoms with Crippen LogP contribution in [0, 0.1) is 0 Å². The summed E-state index contributed by atoms with van der Waals surface area (Å²) < 4.78 is 11.3. The zero-order chi connectivity index (χ0) is 26.2. The van der Waals surface area contributed by atoms with Crippen LogP contribution in [0.5, 0.6) is 11.5 Å². The molecule has 198 valence electrons. The number of hydrogen-bond donors (Lipinski definition) is 2. The van der Waals surface area contributed by atoms with Crippen molar-refractivity contribution in [2.45, 2.75) is 45.8 Å². The van der Waals surface area contributed by atoms with Gasteiger partial charge in [-0.25, -0.2) is 5.01 Å². The first-order chi connectivity index (χ1) is 17.9. The van der Waals surface area contributed by atoms with Crippen molar-refractivity contribution < 1.29 is 19.1 Å². The lowest BCUT2D eigenvalue weighted by molar-refractivity contribution is -0.132. The van der Waals surface area contributed by atoms with E-state index in [-0.39, 0.29) is 17.9 Å². The Hall–Kier alpha value is -3.43. The Balaban J connectivity index is 1.37. The molecule has 2 amide bonds. The van der Waals surface area contributed by atoms with Gasteiger partial charge in [0, 0.05) is 63.2 Å². The van der Waals surface area contributed by atoms with Gasteiger partial charge in [-0.1, -0.05) is 12.1 Å². The number of nitrogens with zero attached hydrogens (tertiary/aromatic N) is 3. The highest BCUT2D eigenvalue weighted by atomic mass is 16.5. The van der Waals surface area contributed by atoms with E-state index in [4.69, 9.17) is 9.47 Å². The smallest absolute Gasteiger partial charge is 0.243 e. The maximum Gasteiger partial charge on any atom is 0.243 e. The van der Waals surface area contributed by atoms with Crippen molar-refractivity contribution in [3.05, 3.63) is 53.6 Å². The Morgan fingerprint density at radius 1 is 1.08 bits per heavy atom. The standard InChI is InChI=1S/C28H37N5O4/c1-20(2)37-26-18-22(6-10-25(26)36-3)24-9-11-28(35)33(31-24)19-21-4-7-23(8-5-21)30-27(34)12-15-32-16-13-29-14-17-32/h4-8,10,18,20,29H,9,11-17,19H2,1-3H3,(H,30,34). The van der Waals surface area contributed by atoms with Crippen LogP contribution in [0.3, 0.4) is 0 Å². The van der Waals surface area contributed by atoms with Crippen molar-refractivity contribution in [1.29, 1.82) is 0 Å². The van der Waals surface area contributed by atoms with Gasteiger partial charge in [-0.3, -0.25) is 9.59 Å². The second kappa shape index (κ2) is 12.7. The largest absolute Gasteiger partial charge is 0.493 e. The van der Waals surface area contributed by atoms with Gasteiger partial charge >= 0.3 is 0 Å². The Morgan fingerprint density at radius 3 is 2.54 bits per heavy atom. The van der Waals surface area contributed by atoms with Crippen molar-refractivity contribution in [1.82, 2.24) is 15.2 Å². The molecule has 0 bridgehead atoms. The third-order valence-corrected chi connectivity index (χ3v) is 6.40. The molecule has 0 aromatic heterocycles. The molecular weight excluding hydrogens is 470 g/mol. The molecule has 4 rings (SSSR count). The van der Waals surface area contributed by atoms with Crippen LogP contribution in [-0.4, -0.2) is 73.4 Å². The average Bonchev–Trinajstić information content (AvgIpc) is 2.90. The summed E-state index contributed by atoms with van der Waals surface area (Å²) in [5, 5.41) is 12.5. The molecule has 1 fully saturated rings. The number of hydrogen-bond acceptors (Lipinski definition) is 7. The minimum absolute atomic E-state index is 0.00652. The van der Waals surface area contributed by atoms with Gasteiger partial charge in [-0.15, -0.1) is 0 Å². The number of methoxy groups -OCH3 is 1. The van der Waals surface area contributed by atoms with E-state index in [9.17, 15) is 9.59 Å². The summed E-state index contributed by atoms with van der Waals surface area (Å²) in [6.07, 6.45) is 1.45. The van der Waals surface area contributed by atoms with E-state index in [1.807, 2.05) is 56.3 Å². The van der Waals surface area contributed by atoms with Gasteiger partial charge in [0.15, 0.2) is 11.5 Å². The predicted octanol–water partition coefficient (Wildman–Crippen LogP) is 3.24. The molecular formula is C28H37N5O4. The lowest BCUT2D eigenvalue weighted by atomic mass is 10.0. The van der Waals surface area contributed by atoms with Crippen LogP contribution < -0.4 is 20.1 Å². The molecule has 9 nitrogen and oxygen atoms in total. The summed E-state index contributed by atoms with van der Waals surface area (Å²) in [4.78, 5) is 27.3. The molecule has 1 saturated heterocycles. The SMILES string of the molecule is COc1ccc(C2=NN(Cc3ccc(NC(=O)CCN4CCNCC4)cc3)C(=O)CC2)cc1OC(C)C. The van der Waals surface area contributed by atoms with E-state index in [2.05, 4.69) is 20.6 Å². The monoisotopic (exact) mass is 507 g/mol. The molecule has 2 heterocycles. The number of rotatable bonds is 10. The maximum atomic E-state index is 12.6. The minimum atomic E-state index is -0.0128. The third-order valence-electron chi connectivity index (χ3n) is 6.40. The van der Waals surface area contributed by atoms with Crippen LogP contribution in [0.25, 0.3) is 0 Å². The van der Waals surface area contributed by atoms with Crippen molar-refractivity contribution in [2.75, 3.05) is 45.2 Å². The molecule has 2 aliphatic rings. The normalized spacial score (nSPS) is 16.5. The molecule has 0 aliphatic carbocycles. The van der Waals surface area contributed by atoms with E-state index < -0.39 is 0 Å². The summed E-state index contributed by atoms with van der Waals surface area (Å²) in [6.45, 7) is 8.97. The molecule has 2 aliphatic heterocycles. The van der Waals surface area contributed by atoms with E-state index >= 15 is 0 Å². The second-order valence-corrected chi connectivity index (χ2v) is 9.62. The lowest BCUT2D eigenvalue weighted by Gasteiger charge is -2.26. The van der Waals surface area contributed by atoms with E-state index in [1.165, 1.54) is 5.01 Å². The molecule has 0 saturated carbocycles. The zero-order valence-corrected chi connectivity index (χ0v) is 22.0. The van der Waals surface area contributed by atoms with Gasteiger partial charge < -0.3 is 25.0 Å². The molecule has 2 N–H and O–H groups in total. The van der Waals surface area contributed by atoms with Crippen molar-refractivity contribution in [2.24, 2.45) is 5.10 Å². The summed E-state index contributed by atoms with van der Waals surface area (Å²) in [6, 6.07) is 13.3. The predicted molar refractivity (Wildman–Crippen MR) is 144 cm³/mol. The molecule has 0 radical (unpaired) electrons. The fourth-order valence-electron chi connectivity index (χ4n) is 4.42. The third kappa shape index (κ3) is 7.53. The van der Waals surface area contributed by atoms with Gasteiger partial charge in [-0.2, -0.15) is 5.10 Å². The fraction of sp³-hybridized carbons (Fsp3) is 0.464. The Morgan fingerprint density at radius 2 is 1.84 bits per heavy atom. The molecule has 0 spiro atoms. The summed E-state index contributed by atoms with van der Waals surface area (Å²) in [5.41, 5.74) is 3.44. The van der Waals surface area contributed by atoms with Crippen LogP contribution in [0.2, 0.25) is 0 Å². The summed E-state index contributed by atoms with van der Waals surface area (Å²) in [5.74, 6) is 1.32. The Labute approximate surface area is 218 Å². The number of carbonyl (C=O) groups excluding carboxylic acids is 2. The molecule has 2 aromatic carbocycles. The Bertz CT molecular complexity index is 1110. The molecule has 37 heavy (non-hydrogen) atoms. The topological polar surface area (TPSA) is 95.5 Å². The van der Waals surface area contributed by atoms with Crippen LogP contribution in [0.15, 0.2) is 47.6 Å². The van der Waals surface area contributed by atoms with Gasteiger partial charge in [0.25, 0.3) is 0 Å². The number of hydrazone groups is 1. The van der Waals surface area contributed by atoms with Gasteiger partial charge in [0.1, 0.15) is 0 Å². The number of ether oxygens (including phenoxy) is 2. The van der Waals surface area contributed by atoms with Crippen LogP contribution in [-0.2, 0) is 16.1 Å². The van der Waals surface area contributed by atoms with Gasteiger partial charge in [-0.05, 0) is 49.7 Å². The number of anilines is 1. The zero-order valence-electron chi connectivity index (χ0n) is 22.0. The lowest BCUT2D eigenvalue weighted by Crippen LogP contribution is -2.44. The molecule has 0 atom stereocenters. The number of nitrogens with one attached hydrogen (secondary N) is 2. The highest BCUT2D eigenvalue weighted by Gasteiger charge is 2.22. The second-order valence-electron chi connectivity index (χ2n) is 9.62. The first kappa shape index (κ1) is 26.6. The fourth-order valence-corrected chi connectivity index (χ4v) is 4.42. The van der Waals surface area contributed by atoms with Crippen molar-refractivity contribution in [3.8, 4) is 11.5 Å². The van der Waals surface area contributed by atoms with Crippen LogP contribution >= 0.6 is 0 Å². The summed E-state index contributed by atoms with van der Waals surface area (Å²) >= 11 is 0. The number of benzene rings is 2. The first-order valence-corrected chi connectivity index (χ1v) is 13.0. The van der Waals surface area contributed by atoms with E-state index in [0.717, 1.165) is 55.2 Å².